The molecule has 1 aromatic heterocycles. The summed E-state index contributed by atoms with van der Waals surface area (Å²) in [5.74, 6) is 0.975. The molecular weight excluding hydrogens is 330 g/mol. The highest BCUT2D eigenvalue weighted by atomic mass is 15.3. The van der Waals surface area contributed by atoms with Crippen molar-refractivity contribution in [2.75, 3.05) is 0 Å². The van der Waals surface area contributed by atoms with Crippen LogP contribution in [0.5, 0.6) is 0 Å². The Labute approximate surface area is 158 Å². The number of fused-ring (bicyclic) bond motifs is 1. The Morgan fingerprint density at radius 2 is 1.81 bits per heavy atom. The van der Waals surface area contributed by atoms with Gasteiger partial charge in [0.1, 0.15) is 5.52 Å². The zero-order chi connectivity index (χ0) is 18.1. The number of nitrogens with one attached hydrogen (secondary N) is 1. The zero-order valence-electron chi connectivity index (χ0n) is 15.0. The molecule has 2 aromatic carbocycles. The van der Waals surface area contributed by atoms with E-state index in [9.17, 15) is 0 Å². The van der Waals surface area contributed by atoms with Crippen LogP contribution < -0.4 is 0 Å². The molecule has 0 amide bonds. The molecule has 0 fully saturated rings. The van der Waals surface area contributed by atoms with Crippen LogP contribution in [0.1, 0.15) is 29.4 Å². The molecule has 0 saturated carbocycles. The molecule has 0 bridgehead atoms. The van der Waals surface area contributed by atoms with Gasteiger partial charge in [0.2, 0.25) is 0 Å². The predicted octanol–water partition coefficient (Wildman–Crippen LogP) is 5.45. The van der Waals surface area contributed by atoms with Crippen LogP contribution in [-0.2, 0) is 0 Å². The standard InChI is InChI=1S/C24H21N3/c1-3-8-17(9-4-1)19-14-15-20(18-10-5-2-6-11-18)22(16-19)21-12-7-13-23-24(21)26-27-25-23/h1-8,10-17,20,22H,9H2,(H,25,26,27). The number of hydrogen-bond acceptors (Lipinski definition) is 2. The summed E-state index contributed by atoms with van der Waals surface area (Å²) in [6.07, 6.45) is 17.0. The monoisotopic (exact) mass is 351 g/mol. The zero-order valence-corrected chi connectivity index (χ0v) is 15.0. The van der Waals surface area contributed by atoms with Gasteiger partial charge in [0.25, 0.3) is 0 Å². The number of benzene rings is 2. The van der Waals surface area contributed by atoms with Crippen LogP contribution in [0.2, 0.25) is 0 Å². The first kappa shape index (κ1) is 16.0. The van der Waals surface area contributed by atoms with Gasteiger partial charge in [0.05, 0.1) is 5.52 Å². The van der Waals surface area contributed by atoms with Crippen LogP contribution in [0.3, 0.4) is 0 Å². The maximum atomic E-state index is 4.38. The minimum Gasteiger partial charge on any atom is -0.258 e. The van der Waals surface area contributed by atoms with Crippen molar-refractivity contribution < 1.29 is 0 Å². The smallest absolute Gasteiger partial charge is 0.116 e. The topological polar surface area (TPSA) is 41.6 Å². The van der Waals surface area contributed by atoms with Crippen LogP contribution in [0.25, 0.3) is 11.0 Å². The first-order valence-electron chi connectivity index (χ1n) is 9.48. The van der Waals surface area contributed by atoms with Crippen LogP contribution >= 0.6 is 0 Å². The third-order valence-corrected chi connectivity index (χ3v) is 5.59. The summed E-state index contributed by atoms with van der Waals surface area (Å²) in [6, 6.07) is 17.1. The highest BCUT2D eigenvalue weighted by Crippen LogP contribution is 2.42. The van der Waals surface area contributed by atoms with E-state index in [1.807, 2.05) is 6.07 Å². The van der Waals surface area contributed by atoms with E-state index in [2.05, 4.69) is 100 Å². The van der Waals surface area contributed by atoms with Crippen molar-refractivity contribution in [3.63, 3.8) is 0 Å². The SMILES string of the molecule is C1=CCC(C2=CC(c3cccc4[nH]nnc34)C(c3ccccc3)C=C2)C=C1. The Hall–Kier alpha value is -3.20. The van der Waals surface area contributed by atoms with Gasteiger partial charge >= 0.3 is 0 Å². The van der Waals surface area contributed by atoms with E-state index in [-0.39, 0.29) is 5.92 Å². The largest absolute Gasteiger partial charge is 0.258 e. The average molecular weight is 351 g/mol. The van der Waals surface area contributed by atoms with Crippen LogP contribution in [0.4, 0.5) is 0 Å². The number of aromatic amines is 1. The highest BCUT2D eigenvalue weighted by Gasteiger charge is 2.28. The maximum Gasteiger partial charge on any atom is 0.116 e. The minimum absolute atomic E-state index is 0.237. The third kappa shape index (κ3) is 2.95. The van der Waals surface area contributed by atoms with Gasteiger partial charge in [-0.05, 0) is 29.2 Å². The Morgan fingerprint density at radius 3 is 2.67 bits per heavy atom. The van der Waals surface area contributed by atoms with Gasteiger partial charge in [-0.15, -0.1) is 5.10 Å². The van der Waals surface area contributed by atoms with E-state index in [1.165, 1.54) is 16.7 Å². The summed E-state index contributed by atoms with van der Waals surface area (Å²) in [5.41, 5.74) is 5.90. The summed E-state index contributed by atoms with van der Waals surface area (Å²) >= 11 is 0. The lowest BCUT2D eigenvalue weighted by Gasteiger charge is -2.29. The summed E-state index contributed by atoms with van der Waals surface area (Å²) in [4.78, 5) is 0. The molecule has 3 unspecified atom stereocenters. The molecule has 2 aliphatic rings. The quantitative estimate of drug-likeness (QED) is 0.681. The molecule has 132 valence electrons. The van der Waals surface area contributed by atoms with Gasteiger partial charge in [0.15, 0.2) is 0 Å². The molecule has 1 heterocycles. The fraction of sp³-hybridized carbons (Fsp3) is 0.167. The first-order chi connectivity index (χ1) is 13.4. The van der Waals surface area contributed by atoms with E-state index in [0.29, 0.717) is 11.8 Å². The van der Waals surface area contributed by atoms with Gasteiger partial charge < -0.3 is 0 Å². The molecule has 3 aromatic rings. The van der Waals surface area contributed by atoms with Gasteiger partial charge in [-0.3, -0.25) is 5.10 Å². The number of hydrogen-bond donors (Lipinski definition) is 1. The Balaban J connectivity index is 1.62. The number of nitrogens with zero attached hydrogens (tertiary/aromatic N) is 2. The minimum atomic E-state index is 0.237. The molecule has 0 spiro atoms. The lowest BCUT2D eigenvalue weighted by Crippen LogP contribution is -2.14. The lowest BCUT2D eigenvalue weighted by atomic mass is 9.74. The molecule has 3 atom stereocenters. The van der Waals surface area contributed by atoms with E-state index >= 15 is 0 Å². The molecular formula is C24H21N3. The Kier molecular flexibility index (Phi) is 4.06. The molecule has 27 heavy (non-hydrogen) atoms. The lowest BCUT2D eigenvalue weighted by molar-refractivity contribution is 0.693. The van der Waals surface area contributed by atoms with Crippen LogP contribution in [0.15, 0.2) is 96.6 Å². The molecule has 1 N–H and O–H groups in total. The third-order valence-electron chi connectivity index (χ3n) is 5.59. The van der Waals surface area contributed by atoms with Gasteiger partial charge in [-0.25, -0.2) is 0 Å². The van der Waals surface area contributed by atoms with Crippen molar-refractivity contribution in [3.8, 4) is 0 Å². The first-order valence-corrected chi connectivity index (χ1v) is 9.48. The van der Waals surface area contributed by atoms with Gasteiger partial charge in [-0.2, -0.15) is 0 Å². The summed E-state index contributed by atoms with van der Waals surface area (Å²) < 4.78 is 0. The summed E-state index contributed by atoms with van der Waals surface area (Å²) in [6.45, 7) is 0. The number of H-pyrrole nitrogens is 1. The molecule has 0 aliphatic heterocycles. The van der Waals surface area contributed by atoms with Crippen molar-refractivity contribution in [1.29, 1.82) is 0 Å². The van der Waals surface area contributed by atoms with Crippen LogP contribution in [-0.4, -0.2) is 15.4 Å². The molecule has 0 saturated heterocycles. The van der Waals surface area contributed by atoms with Crippen molar-refractivity contribution in [3.05, 3.63) is 108 Å². The van der Waals surface area contributed by atoms with E-state index in [4.69, 9.17) is 0 Å². The Morgan fingerprint density at radius 1 is 0.889 bits per heavy atom. The van der Waals surface area contributed by atoms with Crippen LogP contribution in [0, 0.1) is 5.92 Å². The van der Waals surface area contributed by atoms with E-state index in [0.717, 1.165) is 17.5 Å². The van der Waals surface area contributed by atoms with Crippen molar-refractivity contribution in [1.82, 2.24) is 15.4 Å². The number of rotatable bonds is 3. The molecule has 5 rings (SSSR count). The fourth-order valence-electron chi connectivity index (χ4n) is 4.21. The number of aromatic nitrogens is 3. The number of allylic oxidation sites excluding steroid dienone is 8. The second kappa shape index (κ2) is 6.84. The van der Waals surface area contributed by atoms with Gasteiger partial charge in [0, 0.05) is 17.8 Å². The van der Waals surface area contributed by atoms with Crippen molar-refractivity contribution >= 4 is 11.0 Å². The summed E-state index contributed by atoms with van der Waals surface area (Å²) in [5, 5.41) is 11.4. The molecule has 3 nitrogen and oxygen atoms in total. The predicted molar refractivity (Wildman–Crippen MR) is 109 cm³/mol. The van der Waals surface area contributed by atoms with Crippen molar-refractivity contribution in [2.45, 2.75) is 18.3 Å². The second-order valence-electron chi connectivity index (χ2n) is 7.20. The van der Waals surface area contributed by atoms with E-state index in [1.54, 1.807) is 0 Å². The highest BCUT2D eigenvalue weighted by molar-refractivity contribution is 5.78. The molecule has 3 heteroatoms. The van der Waals surface area contributed by atoms with Gasteiger partial charge in [-0.1, -0.05) is 90.2 Å². The molecule has 0 radical (unpaired) electrons. The average Bonchev–Trinajstić information content (AvgIpc) is 3.24. The fourth-order valence-corrected chi connectivity index (χ4v) is 4.21. The van der Waals surface area contributed by atoms with E-state index < -0.39 is 0 Å². The summed E-state index contributed by atoms with van der Waals surface area (Å²) in [7, 11) is 0. The Bertz CT molecular complexity index is 1070. The second-order valence-corrected chi connectivity index (χ2v) is 7.20. The normalized spacial score (nSPS) is 24.3. The molecule has 2 aliphatic carbocycles. The van der Waals surface area contributed by atoms with Crippen molar-refractivity contribution in [2.24, 2.45) is 5.92 Å². The maximum absolute atomic E-state index is 4.38.